The first-order valence-corrected chi connectivity index (χ1v) is 3.77. The van der Waals surface area contributed by atoms with Gasteiger partial charge in [-0.2, -0.15) is 0 Å². The first-order chi connectivity index (χ1) is 5.25. The van der Waals surface area contributed by atoms with E-state index in [1.165, 1.54) is 7.11 Å². The Balaban J connectivity index is 2.39. The van der Waals surface area contributed by atoms with Crippen LogP contribution in [0.15, 0.2) is 0 Å². The molecular weight excluding hydrogens is 144 g/mol. The van der Waals surface area contributed by atoms with Crippen LogP contribution in [0.4, 0.5) is 4.79 Å². The van der Waals surface area contributed by atoms with Gasteiger partial charge in [-0.15, -0.1) is 0 Å². The predicted molar refractivity (Wildman–Crippen MR) is 41.4 cm³/mol. The van der Waals surface area contributed by atoms with Gasteiger partial charge in [0, 0.05) is 19.6 Å². The van der Waals surface area contributed by atoms with Gasteiger partial charge < -0.3 is 15.0 Å². The molecule has 0 saturated carbocycles. The van der Waals surface area contributed by atoms with E-state index in [1.54, 1.807) is 11.9 Å². The summed E-state index contributed by atoms with van der Waals surface area (Å²) in [5.41, 5.74) is 0. The Bertz CT molecular complexity index is 143. The van der Waals surface area contributed by atoms with E-state index in [-0.39, 0.29) is 6.09 Å². The Morgan fingerprint density at radius 1 is 1.73 bits per heavy atom. The molecule has 1 aliphatic rings. The van der Waals surface area contributed by atoms with Gasteiger partial charge in [0.1, 0.15) is 0 Å². The Labute approximate surface area is 66.5 Å². The zero-order valence-electron chi connectivity index (χ0n) is 6.96. The zero-order valence-corrected chi connectivity index (χ0v) is 6.96. The number of rotatable bonds is 1. The van der Waals surface area contributed by atoms with Gasteiger partial charge in [-0.05, 0) is 13.0 Å². The van der Waals surface area contributed by atoms with E-state index in [2.05, 4.69) is 10.1 Å². The molecule has 64 valence electrons. The van der Waals surface area contributed by atoms with E-state index in [1.807, 2.05) is 0 Å². The average Bonchev–Trinajstić information content (AvgIpc) is 2.53. The van der Waals surface area contributed by atoms with Crippen LogP contribution in [-0.4, -0.2) is 44.3 Å². The van der Waals surface area contributed by atoms with Crippen LogP contribution in [-0.2, 0) is 4.74 Å². The standard InChI is InChI=1S/C7H14N2O2/c1-9(7(10)11-2)6-3-4-8-5-6/h6,8H,3-5H2,1-2H3/t6-/m0/s1. The lowest BCUT2D eigenvalue weighted by atomic mass is 10.2. The van der Waals surface area contributed by atoms with E-state index in [0.717, 1.165) is 19.5 Å². The highest BCUT2D eigenvalue weighted by Crippen LogP contribution is 2.06. The number of amides is 1. The highest BCUT2D eigenvalue weighted by molar-refractivity contribution is 5.67. The smallest absolute Gasteiger partial charge is 0.409 e. The quantitative estimate of drug-likeness (QED) is 0.586. The van der Waals surface area contributed by atoms with Gasteiger partial charge in [-0.1, -0.05) is 0 Å². The summed E-state index contributed by atoms with van der Waals surface area (Å²) in [4.78, 5) is 12.6. The number of ether oxygens (including phenoxy) is 1. The number of likely N-dealkylation sites (N-methyl/N-ethyl adjacent to an activating group) is 1. The van der Waals surface area contributed by atoms with Crippen LogP contribution >= 0.6 is 0 Å². The molecule has 1 amide bonds. The molecule has 1 heterocycles. The van der Waals surface area contributed by atoms with Crippen LogP contribution in [0.1, 0.15) is 6.42 Å². The number of carbonyl (C=O) groups is 1. The molecule has 0 bridgehead atoms. The summed E-state index contributed by atoms with van der Waals surface area (Å²) in [6, 6.07) is 0.308. The van der Waals surface area contributed by atoms with Gasteiger partial charge >= 0.3 is 6.09 Å². The lowest BCUT2D eigenvalue weighted by molar-refractivity contribution is 0.120. The Kier molecular flexibility index (Phi) is 2.70. The molecule has 1 atom stereocenters. The second kappa shape index (κ2) is 3.57. The molecule has 11 heavy (non-hydrogen) atoms. The van der Waals surface area contributed by atoms with Crippen molar-refractivity contribution in [1.82, 2.24) is 10.2 Å². The van der Waals surface area contributed by atoms with Crippen molar-refractivity contribution in [1.29, 1.82) is 0 Å². The first kappa shape index (κ1) is 8.33. The van der Waals surface area contributed by atoms with Crippen LogP contribution in [0.5, 0.6) is 0 Å². The Hall–Kier alpha value is -0.770. The number of methoxy groups -OCH3 is 1. The van der Waals surface area contributed by atoms with Gasteiger partial charge in [0.15, 0.2) is 0 Å². The summed E-state index contributed by atoms with van der Waals surface area (Å²) in [5, 5.41) is 3.18. The van der Waals surface area contributed by atoms with Gasteiger partial charge in [-0.25, -0.2) is 4.79 Å². The fourth-order valence-corrected chi connectivity index (χ4v) is 1.26. The topological polar surface area (TPSA) is 41.6 Å². The van der Waals surface area contributed by atoms with Crippen LogP contribution in [0.25, 0.3) is 0 Å². The summed E-state index contributed by atoms with van der Waals surface area (Å²) < 4.78 is 4.58. The SMILES string of the molecule is COC(=O)N(C)[C@H]1CCNC1. The third-order valence-corrected chi connectivity index (χ3v) is 2.04. The molecule has 0 radical (unpaired) electrons. The molecule has 0 aliphatic carbocycles. The normalized spacial score (nSPS) is 23.3. The average molecular weight is 158 g/mol. The largest absolute Gasteiger partial charge is 0.453 e. The monoisotopic (exact) mass is 158 g/mol. The first-order valence-electron chi connectivity index (χ1n) is 3.77. The Morgan fingerprint density at radius 2 is 2.45 bits per heavy atom. The molecule has 1 fully saturated rings. The van der Waals surface area contributed by atoms with Crippen molar-refractivity contribution in [3.05, 3.63) is 0 Å². The minimum atomic E-state index is -0.251. The number of nitrogens with zero attached hydrogens (tertiary/aromatic N) is 1. The van der Waals surface area contributed by atoms with Crippen LogP contribution < -0.4 is 5.32 Å². The summed E-state index contributed by atoms with van der Waals surface area (Å²) in [6.45, 7) is 1.87. The minimum Gasteiger partial charge on any atom is -0.453 e. The van der Waals surface area contributed by atoms with Crippen molar-refractivity contribution < 1.29 is 9.53 Å². The molecule has 0 aromatic carbocycles. The Morgan fingerprint density at radius 3 is 2.91 bits per heavy atom. The molecule has 1 aliphatic heterocycles. The maximum absolute atomic E-state index is 11.0. The fraction of sp³-hybridized carbons (Fsp3) is 0.857. The van der Waals surface area contributed by atoms with Crippen LogP contribution in [0.3, 0.4) is 0 Å². The van der Waals surface area contributed by atoms with E-state index < -0.39 is 0 Å². The lowest BCUT2D eigenvalue weighted by Gasteiger charge is -2.21. The number of carbonyl (C=O) groups excluding carboxylic acids is 1. The number of hydrogen-bond acceptors (Lipinski definition) is 3. The minimum absolute atomic E-state index is 0.251. The van der Waals surface area contributed by atoms with Gasteiger partial charge in [0.05, 0.1) is 7.11 Å². The molecule has 1 N–H and O–H groups in total. The number of hydrogen-bond donors (Lipinski definition) is 1. The lowest BCUT2D eigenvalue weighted by Crippen LogP contribution is -2.38. The number of nitrogens with one attached hydrogen (secondary N) is 1. The van der Waals surface area contributed by atoms with Crippen molar-refractivity contribution in [3.8, 4) is 0 Å². The second-order valence-corrected chi connectivity index (χ2v) is 2.73. The summed E-state index contributed by atoms with van der Waals surface area (Å²) in [7, 11) is 3.17. The molecule has 4 heteroatoms. The van der Waals surface area contributed by atoms with Gasteiger partial charge in [0.2, 0.25) is 0 Å². The maximum atomic E-state index is 11.0. The van der Waals surface area contributed by atoms with Crippen molar-refractivity contribution in [2.45, 2.75) is 12.5 Å². The van der Waals surface area contributed by atoms with Crippen LogP contribution in [0, 0.1) is 0 Å². The maximum Gasteiger partial charge on any atom is 0.409 e. The molecular formula is C7H14N2O2. The molecule has 1 saturated heterocycles. The van der Waals surface area contributed by atoms with Gasteiger partial charge in [0.25, 0.3) is 0 Å². The van der Waals surface area contributed by atoms with Crippen molar-refractivity contribution in [2.24, 2.45) is 0 Å². The molecule has 4 nitrogen and oxygen atoms in total. The van der Waals surface area contributed by atoms with E-state index in [4.69, 9.17) is 0 Å². The fourth-order valence-electron chi connectivity index (χ4n) is 1.26. The highest BCUT2D eigenvalue weighted by Gasteiger charge is 2.23. The second-order valence-electron chi connectivity index (χ2n) is 2.73. The predicted octanol–water partition coefficient (Wildman–Crippen LogP) is 0.0465. The molecule has 0 unspecified atom stereocenters. The van der Waals surface area contributed by atoms with Crippen molar-refractivity contribution in [3.63, 3.8) is 0 Å². The molecule has 0 aromatic heterocycles. The molecule has 0 spiro atoms. The summed E-state index contributed by atoms with van der Waals surface area (Å²) in [5.74, 6) is 0. The van der Waals surface area contributed by atoms with E-state index >= 15 is 0 Å². The molecule has 1 rings (SSSR count). The van der Waals surface area contributed by atoms with Crippen LogP contribution in [0.2, 0.25) is 0 Å². The molecule has 0 aromatic rings. The summed E-state index contributed by atoms with van der Waals surface area (Å²) in [6.07, 6.45) is 0.768. The van der Waals surface area contributed by atoms with E-state index in [0.29, 0.717) is 6.04 Å². The third kappa shape index (κ3) is 1.83. The summed E-state index contributed by atoms with van der Waals surface area (Å²) >= 11 is 0. The van der Waals surface area contributed by atoms with Crippen molar-refractivity contribution >= 4 is 6.09 Å². The van der Waals surface area contributed by atoms with Crippen molar-refractivity contribution in [2.75, 3.05) is 27.2 Å². The van der Waals surface area contributed by atoms with E-state index in [9.17, 15) is 4.79 Å². The zero-order chi connectivity index (χ0) is 8.27. The highest BCUT2D eigenvalue weighted by atomic mass is 16.5. The third-order valence-electron chi connectivity index (χ3n) is 2.04. The van der Waals surface area contributed by atoms with Gasteiger partial charge in [-0.3, -0.25) is 0 Å².